The van der Waals surface area contributed by atoms with Gasteiger partial charge in [-0.05, 0) is 17.5 Å². The third kappa shape index (κ3) is 1.94. The monoisotopic (exact) mass is 224 g/mol. The molecule has 3 nitrogen and oxygen atoms in total. The van der Waals surface area contributed by atoms with E-state index in [0.717, 1.165) is 5.69 Å². The minimum Gasteiger partial charge on any atom is -0.398 e. The quantitative estimate of drug-likeness (QED) is 0.824. The largest absolute Gasteiger partial charge is 0.398 e. The number of thiophene rings is 2. The third-order valence-corrected chi connectivity index (χ3v) is 3.25. The number of rotatable bonds is 2. The second-order valence-corrected chi connectivity index (χ2v) is 4.40. The lowest BCUT2D eigenvalue weighted by Crippen LogP contribution is -2.09. The summed E-state index contributed by atoms with van der Waals surface area (Å²) in [7, 11) is 0. The number of amides is 1. The maximum Gasteiger partial charge on any atom is 0.265 e. The zero-order valence-corrected chi connectivity index (χ0v) is 8.82. The number of nitrogens with one attached hydrogen (secondary N) is 1. The number of nitrogen functional groups attached to an aromatic ring is 1. The van der Waals surface area contributed by atoms with Crippen LogP contribution >= 0.6 is 22.7 Å². The first-order valence-electron chi connectivity index (χ1n) is 3.93. The molecule has 2 rings (SSSR count). The third-order valence-electron chi connectivity index (χ3n) is 1.62. The SMILES string of the molecule is Nc1csc(C(=O)Nc2ccsc2)c1. The van der Waals surface area contributed by atoms with E-state index in [1.54, 1.807) is 22.8 Å². The van der Waals surface area contributed by atoms with E-state index in [1.165, 1.54) is 11.3 Å². The molecule has 0 aliphatic heterocycles. The van der Waals surface area contributed by atoms with Gasteiger partial charge in [-0.2, -0.15) is 11.3 Å². The first kappa shape index (κ1) is 9.23. The molecule has 0 aromatic carbocycles. The molecule has 3 N–H and O–H groups in total. The van der Waals surface area contributed by atoms with Gasteiger partial charge >= 0.3 is 0 Å². The fourth-order valence-electron chi connectivity index (χ4n) is 0.998. The summed E-state index contributed by atoms with van der Waals surface area (Å²) < 4.78 is 0. The Morgan fingerprint density at radius 1 is 1.43 bits per heavy atom. The molecule has 72 valence electrons. The van der Waals surface area contributed by atoms with Gasteiger partial charge in [-0.1, -0.05) is 0 Å². The molecule has 0 spiro atoms. The first-order chi connectivity index (χ1) is 6.75. The molecule has 0 unspecified atom stereocenters. The van der Waals surface area contributed by atoms with Crippen LogP contribution in [-0.2, 0) is 0 Å². The average molecular weight is 224 g/mol. The van der Waals surface area contributed by atoms with Crippen LogP contribution < -0.4 is 11.1 Å². The zero-order valence-electron chi connectivity index (χ0n) is 7.19. The Morgan fingerprint density at radius 2 is 2.29 bits per heavy atom. The van der Waals surface area contributed by atoms with Crippen LogP contribution in [0.15, 0.2) is 28.3 Å². The first-order valence-corrected chi connectivity index (χ1v) is 5.75. The van der Waals surface area contributed by atoms with E-state index in [0.29, 0.717) is 10.6 Å². The van der Waals surface area contributed by atoms with Crippen molar-refractivity contribution in [2.75, 3.05) is 11.1 Å². The van der Waals surface area contributed by atoms with Gasteiger partial charge in [0.1, 0.15) is 0 Å². The number of nitrogens with two attached hydrogens (primary N) is 1. The van der Waals surface area contributed by atoms with Gasteiger partial charge in [0, 0.05) is 16.4 Å². The van der Waals surface area contributed by atoms with Crippen LogP contribution in [-0.4, -0.2) is 5.91 Å². The van der Waals surface area contributed by atoms with Crippen molar-refractivity contribution in [3.8, 4) is 0 Å². The molecule has 0 fully saturated rings. The molecule has 5 heteroatoms. The lowest BCUT2D eigenvalue weighted by atomic mass is 10.4. The molecule has 2 heterocycles. The fourth-order valence-corrected chi connectivity index (χ4v) is 2.28. The predicted molar refractivity (Wildman–Crippen MR) is 61.0 cm³/mol. The van der Waals surface area contributed by atoms with E-state index in [9.17, 15) is 4.79 Å². The highest BCUT2D eigenvalue weighted by Gasteiger charge is 2.08. The van der Waals surface area contributed by atoms with Crippen LogP contribution in [0.2, 0.25) is 0 Å². The molecule has 0 bridgehead atoms. The van der Waals surface area contributed by atoms with Crippen molar-refractivity contribution in [2.24, 2.45) is 0 Å². The van der Waals surface area contributed by atoms with E-state index in [1.807, 2.05) is 16.8 Å². The highest BCUT2D eigenvalue weighted by molar-refractivity contribution is 7.12. The minimum absolute atomic E-state index is 0.106. The molecular weight excluding hydrogens is 216 g/mol. The second kappa shape index (κ2) is 3.81. The Hall–Kier alpha value is -1.33. The summed E-state index contributed by atoms with van der Waals surface area (Å²) in [6, 6.07) is 3.53. The Morgan fingerprint density at radius 3 is 2.86 bits per heavy atom. The van der Waals surface area contributed by atoms with Crippen molar-refractivity contribution in [2.45, 2.75) is 0 Å². The van der Waals surface area contributed by atoms with E-state index < -0.39 is 0 Å². The Labute approximate surface area is 89.2 Å². The molecule has 0 saturated heterocycles. The van der Waals surface area contributed by atoms with Gasteiger partial charge in [0.2, 0.25) is 0 Å². The van der Waals surface area contributed by atoms with E-state index in [-0.39, 0.29) is 5.91 Å². The highest BCUT2D eigenvalue weighted by Crippen LogP contribution is 2.19. The Balaban J connectivity index is 2.10. The van der Waals surface area contributed by atoms with Crippen LogP contribution in [0.25, 0.3) is 0 Å². The standard InChI is InChI=1S/C9H8N2OS2/c10-6-3-8(14-4-6)9(12)11-7-1-2-13-5-7/h1-5H,10H2,(H,11,12). The van der Waals surface area contributed by atoms with Gasteiger partial charge in [-0.25, -0.2) is 0 Å². The Bertz CT molecular complexity index is 433. The summed E-state index contributed by atoms with van der Waals surface area (Å²) in [5.41, 5.74) is 6.98. The minimum atomic E-state index is -0.106. The molecule has 2 aromatic rings. The van der Waals surface area contributed by atoms with Gasteiger partial charge in [0.25, 0.3) is 5.91 Å². The number of carbonyl (C=O) groups excluding carboxylic acids is 1. The summed E-state index contributed by atoms with van der Waals surface area (Å²) >= 11 is 2.89. The molecule has 0 aliphatic carbocycles. The van der Waals surface area contributed by atoms with Crippen molar-refractivity contribution < 1.29 is 4.79 Å². The van der Waals surface area contributed by atoms with Crippen LogP contribution in [0.1, 0.15) is 9.67 Å². The molecule has 0 saturated carbocycles. The van der Waals surface area contributed by atoms with E-state index >= 15 is 0 Å². The fraction of sp³-hybridized carbons (Fsp3) is 0. The van der Waals surface area contributed by atoms with E-state index in [4.69, 9.17) is 5.73 Å². The van der Waals surface area contributed by atoms with Crippen molar-refractivity contribution in [3.05, 3.63) is 33.2 Å². The molecule has 1 amide bonds. The number of hydrogen-bond acceptors (Lipinski definition) is 4. The molecule has 0 aliphatic rings. The molecular formula is C9H8N2OS2. The number of anilines is 2. The summed E-state index contributed by atoms with van der Waals surface area (Å²) in [6.07, 6.45) is 0. The molecule has 0 atom stereocenters. The topological polar surface area (TPSA) is 55.1 Å². The molecule has 0 radical (unpaired) electrons. The van der Waals surface area contributed by atoms with Gasteiger partial charge in [-0.15, -0.1) is 11.3 Å². The predicted octanol–water partition coefficient (Wildman–Crippen LogP) is 2.64. The number of hydrogen-bond donors (Lipinski definition) is 2. The smallest absolute Gasteiger partial charge is 0.265 e. The summed E-state index contributed by atoms with van der Waals surface area (Å²) in [5.74, 6) is -0.106. The summed E-state index contributed by atoms with van der Waals surface area (Å²) in [4.78, 5) is 12.2. The number of carbonyl (C=O) groups is 1. The van der Waals surface area contributed by atoms with Crippen LogP contribution in [0.5, 0.6) is 0 Å². The maximum atomic E-state index is 11.6. The maximum absolute atomic E-state index is 11.6. The lowest BCUT2D eigenvalue weighted by molar-refractivity contribution is 0.103. The van der Waals surface area contributed by atoms with Crippen molar-refractivity contribution in [3.63, 3.8) is 0 Å². The van der Waals surface area contributed by atoms with Crippen LogP contribution in [0, 0.1) is 0 Å². The summed E-state index contributed by atoms with van der Waals surface area (Å²) in [6.45, 7) is 0. The molecule has 2 aromatic heterocycles. The van der Waals surface area contributed by atoms with Gasteiger partial charge < -0.3 is 11.1 Å². The van der Waals surface area contributed by atoms with E-state index in [2.05, 4.69) is 5.32 Å². The normalized spacial score (nSPS) is 10.0. The van der Waals surface area contributed by atoms with Gasteiger partial charge in [-0.3, -0.25) is 4.79 Å². The van der Waals surface area contributed by atoms with Crippen molar-refractivity contribution in [1.82, 2.24) is 0 Å². The zero-order chi connectivity index (χ0) is 9.97. The lowest BCUT2D eigenvalue weighted by Gasteiger charge is -1.98. The van der Waals surface area contributed by atoms with Crippen molar-refractivity contribution >= 4 is 40.0 Å². The van der Waals surface area contributed by atoms with Gasteiger partial charge in [0.15, 0.2) is 0 Å². The molecule has 14 heavy (non-hydrogen) atoms. The Kier molecular flexibility index (Phi) is 2.51. The van der Waals surface area contributed by atoms with Crippen LogP contribution in [0.4, 0.5) is 11.4 Å². The van der Waals surface area contributed by atoms with Gasteiger partial charge in [0.05, 0.1) is 10.6 Å². The summed E-state index contributed by atoms with van der Waals surface area (Å²) in [5, 5.41) is 8.33. The van der Waals surface area contributed by atoms with Crippen molar-refractivity contribution in [1.29, 1.82) is 0 Å². The highest BCUT2D eigenvalue weighted by atomic mass is 32.1. The second-order valence-electron chi connectivity index (χ2n) is 2.71. The average Bonchev–Trinajstić information content (AvgIpc) is 2.75. The van der Waals surface area contributed by atoms with Crippen LogP contribution in [0.3, 0.4) is 0 Å².